The molecule has 2 aliphatic carbocycles. The van der Waals surface area contributed by atoms with Crippen LogP contribution in [0.1, 0.15) is 19.3 Å². The molecule has 2 atom stereocenters. The van der Waals surface area contributed by atoms with Crippen LogP contribution in [-0.2, 0) is 14.2 Å². The molecule has 1 saturated carbocycles. The zero-order chi connectivity index (χ0) is 10.4. The molecule has 0 N–H and O–H groups in total. The second-order valence-electron chi connectivity index (χ2n) is 4.82. The Hall–Kier alpha value is -0.380. The molecule has 0 aromatic carbocycles. The first-order valence-electron chi connectivity index (χ1n) is 5.77. The Bertz CT molecular complexity index is 281. The Kier molecular flexibility index (Phi) is 2.16. The zero-order valence-electron chi connectivity index (χ0n) is 9.20. The van der Waals surface area contributed by atoms with Crippen molar-refractivity contribution < 1.29 is 14.2 Å². The minimum atomic E-state index is -0.321. The van der Waals surface area contributed by atoms with Crippen molar-refractivity contribution in [2.45, 2.75) is 25.0 Å². The highest BCUT2D eigenvalue weighted by atomic mass is 16.7. The molecule has 1 heterocycles. The van der Waals surface area contributed by atoms with E-state index in [1.54, 1.807) is 7.11 Å². The van der Waals surface area contributed by atoms with Crippen LogP contribution in [0.15, 0.2) is 12.2 Å². The van der Waals surface area contributed by atoms with Crippen LogP contribution in [-0.4, -0.2) is 32.7 Å². The van der Waals surface area contributed by atoms with Crippen molar-refractivity contribution in [3.63, 3.8) is 0 Å². The number of hydrogen-bond donors (Lipinski definition) is 0. The van der Waals surface area contributed by atoms with Gasteiger partial charge in [-0.1, -0.05) is 12.2 Å². The molecule has 1 saturated heterocycles. The summed E-state index contributed by atoms with van der Waals surface area (Å²) in [4.78, 5) is 0. The Morgan fingerprint density at radius 1 is 1.40 bits per heavy atom. The van der Waals surface area contributed by atoms with Gasteiger partial charge >= 0.3 is 0 Å². The lowest BCUT2D eigenvalue weighted by molar-refractivity contribution is -0.333. The molecule has 3 rings (SSSR count). The van der Waals surface area contributed by atoms with Crippen LogP contribution in [0, 0.1) is 11.3 Å². The summed E-state index contributed by atoms with van der Waals surface area (Å²) in [5.74, 6) is 0.266. The number of hydrogen-bond acceptors (Lipinski definition) is 3. The smallest absolute Gasteiger partial charge is 0.177 e. The van der Waals surface area contributed by atoms with E-state index < -0.39 is 0 Å². The van der Waals surface area contributed by atoms with Crippen LogP contribution in [0.3, 0.4) is 0 Å². The van der Waals surface area contributed by atoms with Gasteiger partial charge in [0.05, 0.1) is 25.2 Å². The summed E-state index contributed by atoms with van der Waals surface area (Å²) in [5, 5.41) is 0. The molecule has 3 heteroatoms. The summed E-state index contributed by atoms with van der Waals surface area (Å²) in [6.45, 7) is 2.23. The topological polar surface area (TPSA) is 27.7 Å². The van der Waals surface area contributed by atoms with Gasteiger partial charge in [-0.15, -0.1) is 0 Å². The zero-order valence-corrected chi connectivity index (χ0v) is 9.20. The van der Waals surface area contributed by atoms with Crippen molar-refractivity contribution in [1.29, 1.82) is 0 Å². The van der Waals surface area contributed by atoms with Gasteiger partial charge in [0.1, 0.15) is 0 Å². The molecule has 2 fully saturated rings. The van der Waals surface area contributed by atoms with E-state index in [0.29, 0.717) is 5.92 Å². The molecular formula is C12H18O3. The maximum atomic E-state index is 5.87. The fourth-order valence-electron chi connectivity index (χ4n) is 3.48. The summed E-state index contributed by atoms with van der Waals surface area (Å²) in [7, 11) is 1.77. The van der Waals surface area contributed by atoms with Crippen molar-refractivity contribution >= 4 is 0 Å². The number of allylic oxidation sites excluding steroid dienone is 2. The van der Waals surface area contributed by atoms with E-state index in [0.717, 1.165) is 39.1 Å². The Balaban J connectivity index is 1.90. The predicted octanol–water partition coefficient (Wildman–Crippen LogP) is 1.73. The van der Waals surface area contributed by atoms with Crippen LogP contribution in [0.25, 0.3) is 0 Å². The third kappa shape index (κ3) is 1.11. The number of ether oxygens (including phenoxy) is 3. The summed E-state index contributed by atoms with van der Waals surface area (Å²) < 4.78 is 17.1. The number of fused-ring (bicyclic) bond motifs is 2. The highest BCUT2D eigenvalue weighted by molar-refractivity contribution is 5.19. The quantitative estimate of drug-likeness (QED) is 0.650. The van der Waals surface area contributed by atoms with E-state index >= 15 is 0 Å². The third-order valence-electron chi connectivity index (χ3n) is 4.24. The van der Waals surface area contributed by atoms with Crippen molar-refractivity contribution in [2.24, 2.45) is 11.3 Å². The van der Waals surface area contributed by atoms with Gasteiger partial charge in [0.25, 0.3) is 0 Å². The molecule has 1 spiro atoms. The molecule has 0 radical (unpaired) electrons. The first kappa shape index (κ1) is 9.82. The molecule has 1 aliphatic heterocycles. The lowest BCUT2D eigenvalue weighted by atomic mass is 9.52. The van der Waals surface area contributed by atoms with Crippen LogP contribution in [0.2, 0.25) is 0 Å². The van der Waals surface area contributed by atoms with Crippen LogP contribution >= 0.6 is 0 Å². The normalized spacial score (nSPS) is 41.5. The molecule has 0 bridgehead atoms. The van der Waals surface area contributed by atoms with Crippen LogP contribution in [0.5, 0.6) is 0 Å². The van der Waals surface area contributed by atoms with Crippen LogP contribution in [0.4, 0.5) is 0 Å². The van der Waals surface area contributed by atoms with Gasteiger partial charge in [-0.2, -0.15) is 0 Å². The number of methoxy groups -OCH3 is 1. The molecule has 2 unspecified atom stereocenters. The van der Waals surface area contributed by atoms with E-state index in [4.69, 9.17) is 14.2 Å². The fraction of sp³-hybridized carbons (Fsp3) is 0.833. The standard InChI is InChI=1S/C12H18O3/c1-13-9-11-5-3-2-4-10(11)8-12(11)14-6-7-15-12/h2,4,10H,3,5-9H2,1H3. The summed E-state index contributed by atoms with van der Waals surface area (Å²) in [6, 6.07) is 0. The minimum Gasteiger partial charge on any atom is -0.384 e. The van der Waals surface area contributed by atoms with E-state index in [-0.39, 0.29) is 11.2 Å². The monoisotopic (exact) mass is 210 g/mol. The maximum Gasteiger partial charge on any atom is 0.177 e. The van der Waals surface area contributed by atoms with Crippen molar-refractivity contribution in [2.75, 3.05) is 26.9 Å². The molecule has 0 aromatic heterocycles. The SMILES string of the molecule is COCC12CCC=CC1CC21OCCO1. The van der Waals surface area contributed by atoms with Crippen molar-refractivity contribution in [3.05, 3.63) is 12.2 Å². The van der Waals surface area contributed by atoms with Gasteiger partial charge in [0, 0.05) is 13.5 Å². The molecule has 3 aliphatic rings. The fourth-order valence-corrected chi connectivity index (χ4v) is 3.48. The molecular weight excluding hydrogens is 192 g/mol. The van der Waals surface area contributed by atoms with Gasteiger partial charge in [0.2, 0.25) is 0 Å². The average molecular weight is 210 g/mol. The highest BCUT2D eigenvalue weighted by Crippen LogP contribution is 2.63. The lowest BCUT2D eigenvalue weighted by Gasteiger charge is -2.61. The van der Waals surface area contributed by atoms with Gasteiger partial charge < -0.3 is 14.2 Å². The predicted molar refractivity (Wildman–Crippen MR) is 55.4 cm³/mol. The Morgan fingerprint density at radius 2 is 2.20 bits per heavy atom. The Labute approximate surface area is 90.4 Å². The van der Waals surface area contributed by atoms with Gasteiger partial charge in [-0.25, -0.2) is 0 Å². The van der Waals surface area contributed by atoms with E-state index in [1.165, 1.54) is 0 Å². The second-order valence-corrected chi connectivity index (χ2v) is 4.82. The Morgan fingerprint density at radius 3 is 2.87 bits per heavy atom. The average Bonchev–Trinajstić information content (AvgIpc) is 2.72. The summed E-state index contributed by atoms with van der Waals surface area (Å²) in [6.07, 6.45) is 7.85. The molecule has 84 valence electrons. The largest absolute Gasteiger partial charge is 0.384 e. The van der Waals surface area contributed by atoms with Crippen LogP contribution < -0.4 is 0 Å². The van der Waals surface area contributed by atoms with Gasteiger partial charge in [0.15, 0.2) is 5.79 Å². The first-order valence-corrected chi connectivity index (χ1v) is 5.77. The van der Waals surface area contributed by atoms with E-state index in [1.807, 2.05) is 0 Å². The minimum absolute atomic E-state index is 0.0903. The second kappa shape index (κ2) is 3.30. The lowest BCUT2D eigenvalue weighted by Crippen LogP contribution is -2.66. The van der Waals surface area contributed by atoms with E-state index in [2.05, 4.69) is 12.2 Å². The molecule has 3 nitrogen and oxygen atoms in total. The van der Waals surface area contributed by atoms with Crippen molar-refractivity contribution in [3.8, 4) is 0 Å². The first-order chi connectivity index (χ1) is 7.33. The summed E-state index contributed by atoms with van der Waals surface area (Å²) >= 11 is 0. The van der Waals surface area contributed by atoms with E-state index in [9.17, 15) is 0 Å². The maximum absolute atomic E-state index is 5.87. The number of rotatable bonds is 2. The third-order valence-corrected chi connectivity index (χ3v) is 4.24. The van der Waals surface area contributed by atoms with Gasteiger partial charge in [-0.05, 0) is 18.8 Å². The molecule has 0 aromatic rings. The van der Waals surface area contributed by atoms with Crippen molar-refractivity contribution in [1.82, 2.24) is 0 Å². The molecule has 0 amide bonds. The highest BCUT2D eigenvalue weighted by Gasteiger charge is 2.68. The molecule has 15 heavy (non-hydrogen) atoms. The summed E-state index contributed by atoms with van der Waals surface area (Å²) in [5.41, 5.74) is 0.0903. The van der Waals surface area contributed by atoms with Gasteiger partial charge in [-0.3, -0.25) is 0 Å².